The van der Waals surface area contributed by atoms with Crippen molar-refractivity contribution in [1.82, 2.24) is 10.9 Å². The van der Waals surface area contributed by atoms with E-state index < -0.39 is 10.8 Å². The van der Waals surface area contributed by atoms with Gasteiger partial charge in [0, 0.05) is 17.5 Å². The molecule has 2 N–H and O–H groups in total. The summed E-state index contributed by atoms with van der Waals surface area (Å²) >= 11 is 5.70. The van der Waals surface area contributed by atoms with E-state index in [1.165, 1.54) is 12.1 Å². The number of nitro benzene ring substituents is 1. The van der Waals surface area contributed by atoms with E-state index >= 15 is 0 Å². The molecule has 2 fully saturated rings. The molecule has 0 saturated heterocycles. The molecule has 122 valence electrons. The third kappa shape index (κ3) is 3.14. The number of nitrogens with one attached hydrogen (secondary N) is 2. The summed E-state index contributed by atoms with van der Waals surface area (Å²) in [6.45, 7) is 0. The number of hydrogen-bond donors (Lipinski definition) is 2. The number of halogens is 1. The summed E-state index contributed by atoms with van der Waals surface area (Å²) < 4.78 is 0. The highest BCUT2D eigenvalue weighted by molar-refractivity contribution is 6.32. The molecular formula is C15H16ClN3O4. The zero-order valence-electron chi connectivity index (χ0n) is 12.3. The molecule has 2 amide bonds. The SMILES string of the molecule is O=C(NNC(=O)C1[C@@H]2CCCC[C@@H]12)c1ccc(Cl)c([N+](=O)[O-])c1. The van der Waals surface area contributed by atoms with Gasteiger partial charge in [0.2, 0.25) is 5.91 Å². The summed E-state index contributed by atoms with van der Waals surface area (Å²) in [7, 11) is 0. The fraction of sp³-hybridized carbons (Fsp3) is 0.467. The van der Waals surface area contributed by atoms with Gasteiger partial charge in [-0.05, 0) is 36.8 Å². The molecule has 8 heteroatoms. The maximum Gasteiger partial charge on any atom is 0.288 e. The molecule has 2 aliphatic rings. The largest absolute Gasteiger partial charge is 0.288 e. The monoisotopic (exact) mass is 337 g/mol. The minimum atomic E-state index is -0.660. The molecule has 2 atom stereocenters. The van der Waals surface area contributed by atoms with E-state index in [2.05, 4.69) is 10.9 Å². The summed E-state index contributed by atoms with van der Waals surface area (Å²) in [6, 6.07) is 3.74. The third-order valence-corrected chi connectivity index (χ3v) is 4.98. The number of hydrogen-bond acceptors (Lipinski definition) is 4. The van der Waals surface area contributed by atoms with Crippen LogP contribution in [0.3, 0.4) is 0 Å². The Hall–Kier alpha value is -2.15. The molecule has 0 radical (unpaired) electrons. The van der Waals surface area contributed by atoms with Crippen LogP contribution in [-0.4, -0.2) is 16.7 Å². The van der Waals surface area contributed by atoms with Gasteiger partial charge in [0.15, 0.2) is 0 Å². The molecule has 0 heterocycles. The van der Waals surface area contributed by atoms with Crippen molar-refractivity contribution in [3.63, 3.8) is 0 Å². The molecule has 1 aromatic carbocycles. The number of rotatable bonds is 3. The van der Waals surface area contributed by atoms with Crippen LogP contribution in [0.4, 0.5) is 5.69 Å². The Bertz CT molecular complexity index is 667. The number of benzene rings is 1. The van der Waals surface area contributed by atoms with Crippen molar-refractivity contribution in [2.45, 2.75) is 25.7 Å². The predicted molar refractivity (Wildman–Crippen MR) is 82.7 cm³/mol. The van der Waals surface area contributed by atoms with Gasteiger partial charge in [-0.25, -0.2) is 0 Å². The van der Waals surface area contributed by atoms with Crippen LogP contribution in [-0.2, 0) is 4.79 Å². The van der Waals surface area contributed by atoms with Crippen LogP contribution < -0.4 is 10.9 Å². The zero-order valence-corrected chi connectivity index (χ0v) is 13.0. The van der Waals surface area contributed by atoms with Crippen molar-refractivity contribution >= 4 is 29.1 Å². The lowest BCUT2D eigenvalue weighted by molar-refractivity contribution is -0.384. The lowest BCUT2D eigenvalue weighted by Crippen LogP contribution is -2.42. The molecular weight excluding hydrogens is 322 g/mol. The molecule has 0 spiro atoms. The van der Waals surface area contributed by atoms with Crippen molar-refractivity contribution in [3.8, 4) is 0 Å². The minimum Gasteiger partial charge on any atom is -0.273 e. The van der Waals surface area contributed by atoms with E-state index in [1.54, 1.807) is 0 Å². The Morgan fingerprint density at radius 2 is 1.83 bits per heavy atom. The van der Waals surface area contributed by atoms with Crippen LogP contribution in [0.15, 0.2) is 18.2 Å². The van der Waals surface area contributed by atoms with Gasteiger partial charge >= 0.3 is 0 Å². The Kier molecular flexibility index (Phi) is 4.21. The first-order chi connectivity index (χ1) is 11.0. The molecule has 1 aromatic rings. The number of fused-ring (bicyclic) bond motifs is 1. The van der Waals surface area contributed by atoms with Gasteiger partial charge in [0.25, 0.3) is 11.6 Å². The van der Waals surface area contributed by atoms with Crippen LogP contribution in [0, 0.1) is 27.9 Å². The normalized spacial score (nSPS) is 25.2. The second-order valence-electron chi connectivity index (χ2n) is 6.00. The highest BCUT2D eigenvalue weighted by Gasteiger charge is 2.54. The smallest absolute Gasteiger partial charge is 0.273 e. The molecule has 0 aromatic heterocycles. The first kappa shape index (κ1) is 15.7. The summed E-state index contributed by atoms with van der Waals surface area (Å²) in [5.41, 5.74) is 4.45. The fourth-order valence-electron chi connectivity index (χ4n) is 3.45. The van der Waals surface area contributed by atoms with E-state index in [1.807, 2.05) is 0 Å². The lowest BCUT2D eigenvalue weighted by atomic mass is 10.0. The van der Waals surface area contributed by atoms with E-state index in [9.17, 15) is 19.7 Å². The highest BCUT2D eigenvalue weighted by Crippen LogP contribution is 2.55. The number of amides is 2. The maximum atomic E-state index is 12.1. The standard InChI is InChI=1S/C15H16ClN3O4/c16-11-6-5-8(7-12(11)19(22)23)14(20)17-18-15(21)13-9-3-1-2-4-10(9)13/h5-7,9-10,13H,1-4H2,(H,17,20)(H,18,21)/t9-,10-/m1/s1. The summed E-state index contributed by atoms with van der Waals surface area (Å²) in [6.07, 6.45) is 4.46. The minimum absolute atomic E-state index is 0.0163. The first-order valence-corrected chi connectivity index (χ1v) is 7.91. The topological polar surface area (TPSA) is 101 Å². The number of hydrazine groups is 1. The Labute approximate surface area is 137 Å². The fourth-order valence-corrected chi connectivity index (χ4v) is 3.64. The quantitative estimate of drug-likeness (QED) is 0.653. The average Bonchev–Trinajstić information content (AvgIpc) is 3.27. The number of nitrogens with zero attached hydrogens (tertiary/aromatic N) is 1. The highest BCUT2D eigenvalue weighted by atomic mass is 35.5. The van der Waals surface area contributed by atoms with Crippen molar-refractivity contribution in [2.24, 2.45) is 17.8 Å². The summed E-state index contributed by atoms with van der Waals surface area (Å²) in [4.78, 5) is 34.2. The van der Waals surface area contributed by atoms with E-state index in [-0.39, 0.29) is 28.1 Å². The van der Waals surface area contributed by atoms with E-state index in [0.29, 0.717) is 11.8 Å². The Balaban J connectivity index is 1.58. The number of carbonyl (C=O) groups excluding carboxylic acids is 2. The average molecular weight is 338 g/mol. The molecule has 7 nitrogen and oxygen atoms in total. The van der Waals surface area contributed by atoms with Gasteiger partial charge in [-0.2, -0.15) is 0 Å². The molecule has 0 aliphatic heterocycles. The summed E-state index contributed by atoms with van der Waals surface area (Å²) in [5.74, 6) is 0.0762. The molecule has 3 rings (SSSR count). The van der Waals surface area contributed by atoms with Crippen LogP contribution in [0.1, 0.15) is 36.0 Å². The number of carbonyl (C=O) groups is 2. The van der Waals surface area contributed by atoms with E-state index in [4.69, 9.17) is 11.6 Å². The van der Waals surface area contributed by atoms with Crippen LogP contribution in [0.2, 0.25) is 5.02 Å². The number of nitro groups is 1. The molecule has 2 aliphatic carbocycles. The first-order valence-electron chi connectivity index (χ1n) is 7.53. The van der Waals surface area contributed by atoms with Crippen molar-refractivity contribution in [3.05, 3.63) is 38.9 Å². The zero-order chi connectivity index (χ0) is 16.6. The Morgan fingerprint density at radius 3 is 2.43 bits per heavy atom. The molecule has 0 unspecified atom stereocenters. The van der Waals surface area contributed by atoms with Crippen molar-refractivity contribution in [1.29, 1.82) is 0 Å². The van der Waals surface area contributed by atoms with Crippen LogP contribution in [0.5, 0.6) is 0 Å². The van der Waals surface area contributed by atoms with Crippen molar-refractivity contribution in [2.75, 3.05) is 0 Å². The second-order valence-corrected chi connectivity index (χ2v) is 6.41. The van der Waals surface area contributed by atoms with Gasteiger partial charge in [0.1, 0.15) is 5.02 Å². The molecule has 23 heavy (non-hydrogen) atoms. The van der Waals surface area contributed by atoms with Gasteiger partial charge in [-0.1, -0.05) is 24.4 Å². The van der Waals surface area contributed by atoms with Gasteiger partial charge in [0.05, 0.1) is 4.92 Å². The van der Waals surface area contributed by atoms with Crippen LogP contribution >= 0.6 is 11.6 Å². The predicted octanol–water partition coefficient (Wildman–Crippen LogP) is 2.45. The second kappa shape index (κ2) is 6.16. The van der Waals surface area contributed by atoms with Gasteiger partial charge < -0.3 is 0 Å². The van der Waals surface area contributed by atoms with E-state index in [0.717, 1.165) is 31.7 Å². The van der Waals surface area contributed by atoms with Crippen molar-refractivity contribution < 1.29 is 14.5 Å². The molecule has 2 saturated carbocycles. The van der Waals surface area contributed by atoms with Gasteiger partial charge in [-0.15, -0.1) is 0 Å². The lowest BCUT2D eigenvalue weighted by Gasteiger charge is -2.07. The third-order valence-electron chi connectivity index (χ3n) is 4.66. The van der Waals surface area contributed by atoms with Crippen LogP contribution in [0.25, 0.3) is 0 Å². The molecule has 0 bridgehead atoms. The Morgan fingerprint density at radius 1 is 1.17 bits per heavy atom. The maximum absolute atomic E-state index is 12.1. The van der Waals surface area contributed by atoms with Gasteiger partial charge in [-0.3, -0.25) is 30.6 Å². The summed E-state index contributed by atoms with van der Waals surface area (Å²) in [5, 5.41) is 10.8.